The van der Waals surface area contributed by atoms with Crippen LogP contribution < -0.4 is 0 Å². The van der Waals surface area contributed by atoms with Crippen molar-refractivity contribution in [3.05, 3.63) is 0 Å². The number of aliphatic hydroxyl groups is 1. The van der Waals surface area contributed by atoms with Crippen LogP contribution in [-0.4, -0.2) is 96.7 Å². The predicted molar refractivity (Wildman–Crippen MR) is 308 cm³/mol. The second-order valence-electron chi connectivity index (χ2n) is 22.6. The SMILES string of the molecule is CCCCCCCCCCC(=O)OC[C@H](COP(=O)(O)OC[C@H](O)COP(=O)(O)OC[C@@H](COC(=O)CCCCCCCCC(C)CC)OC(=O)CCCCCCCCCCC(C)C)OC(=O)CCCCCCCCC(C)C. The molecule has 17 nitrogen and oxygen atoms in total. The van der Waals surface area contributed by atoms with E-state index in [4.69, 9.17) is 37.0 Å². The molecule has 6 atom stereocenters. The topological polar surface area (TPSA) is 237 Å². The molecule has 0 rings (SSSR count). The summed E-state index contributed by atoms with van der Waals surface area (Å²) in [4.78, 5) is 71.8. The highest BCUT2D eigenvalue weighted by Gasteiger charge is 2.30. The first-order valence-corrected chi connectivity index (χ1v) is 33.9. The van der Waals surface area contributed by atoms with Crippen LogP contribution in [0.2, 0.25) is 0 Å². The second kappa shape index (κ2) is 50.8. The van der Waals surface area contributed by atoms with Gasteiger partial charge in [0.25, 0.3) is 0 Å². The van der Waals surface area contributed by atoms with Crippen molar-refractivity contribution in [2.75, 3.05) is 39.6 Å². The fourth-order valence-corrected chi connectivity index (χ4v) is 10.1. The molecule has 0 aromatic carbocycles. The molecular weight excluding hydrogens is 1040 g/mol. The number of unbranched alkanes of at least 4 members (excludes halogenated alkanes) is 24. The number of aliphatic hydroxyl groups excluding tert-OH is 1. The highest BCUT2D eigenvalue weighted by molar-refractivity contribution is 7.47. The first-order valence-electron chi connectivity index (χ1n) is 30.9. The molecule has 0 amide bonds. The Morgan fingerprint density at radius 3 is 0.974 bits per heavy atom. The number of hydrogen-bond acceptors (Lipinski definition) is 15. The van der Waals surface area contributed by atoms with Crippen molar-refractivity contribution in [3.8, 4) is 0 Å². The van der Waals surface area contributed by atoms with Gasteiger partial charge >= 0.3 is 39.5 Å². The first kappa shape index (κ1) is 76.1. The van der Waals surface area contributed by atoms with Gasteiger partial charge in [-0.05, 0) is 43.4 Å². The monoisotopic (exact) mass is 1160 g/mol. The lowest BCUT2D eigenvalue weighted by molar-refractivity contribution is -0.161. The van der Waals surface area contributed by atoms with Gasteiger partial charge in [-0.1, -0.05) is 228 Å². The normalized spacial score (nSPS) is 14.9. The van der Waals surface area contributed by atoms with Gasteiger partial charge in [0.2, 0.25) is 0 Å². The molecule has 0 fully saturated rings. The highest BCUT2D eigenvalue weighted by atomic mass is 31.2. The molecule has 0 aliphatic heterocycles. The maximum atomic E-state index is 12.9. The first-order chi connectivity index (χ1) is 37.3. The number of ether oxygens (including phenoxy) is 4. The summed E-state index contributed by atoms with van der Waals surface area (Å²) in [7, 11) is -9.87. The van der Waals surface area contributed by atoms with Gasteiger partial charge in [0.1, 0.15) is 19.3 Å². The Morgan fingerprint density at radius 1 is 0.372 bits per heavy atom. The van der Waals surface area contributed by atoms with E-state index in [-0.39, 0.29) is 25.7 Å². The molecule has 0 aromatic rings. The lowest BCUT2D eigenvalue weighted by atomic mass is 10.00. The van der Waals surface area contributed by atoms with Crippen molar-refractivity contribution in [1.29, 1.82) is 0 Å². The average molecular weight is 1160 g/mol. The Labute approximate surface area is 473 Å². The maximum Gasteiger partial charge on any atom is 0.472 e. The smallest absolute Gasteiger partial charge is 0.462 e. The Kier molecular flexibility index (Phi) is 49.5. The van der Waals surface area contributed by atoms with Gasteiger partial charge in [-0.15, -0.1) is 0 Å². The Bertz CT molecular complexity index is 1560. The summed E-state index contributed by atoms with van der Waals surface area (Å²) in [5.41, 5.74) is 0. The molecular formula is C59H114O17P2. The van der Waals surface area contributed by atoms with E-state index in [1.807, 2.05) is 0 Å². The Balaban J connectivity index is 5.24. The standard InChI is InChI=1S/C59H114O17P2/c1-8-10-11-12-13-17-26-33-40-56(61)69-46-55(76-59(64)43-36-29-21-19-24-31-38-51(5)6)49-74-78(67,68)72-45-53(60)44-71-77(65,66)73-48-54(47-70-57(62)41-34-27-22-20-25-32-39-52(7)9-2)75-58(63)42-35-28-18-15-14-16-23-30-37-50(3)4/h50-55,60H,8-49H2,1-7H3,(H,65,66)(H,67,68)/t52?,53-,54-,55-/m1/s1. The molecule has 0 bridgehead atoms. The number of phosphoric ester groups is 2. The zero-order valence-corrected chi connectivity index (χ0v) is 51.9. The van der Waals surface area contributed by atoms with Crippen molar-refractivity contribution in [2.24, 2.45) is 17.8 Å². The van der Waals surface area contributed by atoms with Gasteiger partial charge in [0.05, 0.1) is 26.4 Å². The van der Waals surface area contributed by atoms with Crippen molar-refractivity contribution in [3.63, 3.8) is 0 Å². The van der Waals surface area contributed by atoms with Gasteiger partial charge in [-0.25, -0.2) is 9.13 Å². The number of carbonyl (C=O) groups is 4. The number of phosphoric acid groups is 2. The number of hydrogen-bond donors (Lipinski definition) is 3. The highest BCUT2D eigenvalue weighted by Crippen LogP contribution is 2.45. The third-order valence-corrected chi connectivity index (χ3v) is 15.6. The third kappa shape index (κ3) is 52.2. The largest absolute Gasteiger partial charge is 0.472 e. The Hall–Kier alpha value is -1.94. The molecule has 78 heavy (non-hydrogen) atoms. The van der Waals surface area contributed by atoms with Crippen LogP contribution in [-0.2, 0) is 65.4 Å². The maximum absolute atomic E-state index is 12.9. The Morgan fingerprint density at radius 2 is 0.654 bits per heavy atom. The van der Waals surface area contributed by atoms with E-state index in [9.17, 15) is 43.2 Å². The predicted octanol–water partition coefficient (Wildman–Crippen LogP) is 15.6. The average Bonchev–Trinajstić information content (AvgIpc) is 3.39. The fraction of sp³-hybridized carbons (Fsp3) is 0.932. The lowest BCUT2D eigenvalue weighted by Gasteiger charge is -2.21. The van der Waals surface area contributed by atoms with Gasteiger partial charge in [-0.2, -0.15) is 0 Å². The molecule has 0 aliphatic rings. The lowest BCUT2D eigenvalue weighted by Crippen LogP contribution is -2.30. The van der Waals surface area contributed by atoms with Gasteiger partial charge in [-0.3, -0.25) is 37.3 Å². The van der Waals surface area contributed by atoms with Gasteiger partial charge in [0.15, 0.2) is 12.2 Å². The molecule has 0 aliphatic carbocycles. The minimum atomic E-state index is -4.94. The van der Waals surface area contributed by atoms with E-state index in [0.29, 0.717) is 31.6 Å². The summed E-state index contributed by atoms with van der Waals surface area (Å²) in [5, 5.41) is 10.5. The van der Waals surface area contributed by atoms with E-state index < -0.39 is 97.5 Å². The third-order valence-electron chi connectivity index (χ3n) is 13.7. The molecule has 462 valence electrons. The molecule has 0 aromatic heterocycles. The van der Waals surface area contributed by atoms with E-state index in [1.165, 1.54) is 77.0 Å². The molecule has 0 saturated carbocycles. The summed E-state index contributed by atoms with van der Waals surface area (Å²) in [6.45, 7) is 11.5. The molecule has 0 heterocycles. The summed E-state index contributed by atoms with van der Waals surface area (Å²) in [6, 6.07) is 0. The van der Waals surface area contributed by atoms with Crippen LogP contribution in [0.1, 0.15) is 280 Å². The molecule has 0 saturated heterocycles. The zero-order valence-electron chi connectivity index (χ0n) is 50.1. The minimum absolute atomic E-state index is 0.101. The molecule has 3 N–H and O–H groups in total. The summed E-state index contributed by atoms with van der Waals surface area (Å²) >= 11 is 0. The summed E-state index contributed by atoms with van der Waals surface area (Å²) in [6.07, 6.45) is 29.6. The summed E-state index contributed by atoms with van der Waals surface area (Å²) < 4.78 is 67.7. The van der Waals surface area contributed by atoms with Crippen molar-refractivity contribution in [2.45, 2.75) is 298 Å². The van der Waals surface area contributed by atoms with Crippen molar-refractivity contribution < 1.29 is 80.2 Å². The van der Waals surface area contributed by atoms with E-state index in [0.717, 1.165) is 115 Å². The van der Waals surface area contributed by atoms with Crippen LogP contribution in [0.25, 0.3) is 0 Å². The van der Waals surface area contributed by atoms with Gasteiger partial charge < -0.3 is 33.8 Å². The van der Waals surface area contributed by atoms with E-state index in [1.54, 1.807) is 0 Å². The van der Waals surface area contributed by atoms with Crippen LogP contribution in [0.3, 0.4) is 0 Å². The zero-order chi connectivity index (χ0) is 58.1. The molecule has 3 unspecified atom stereocenters. The number of rotatable bonds is 57. The number of carbonyl (C=O) groups excluding carboxylic acids is 4. The number of esters is 4. The van der Waals surface area contributed by atoms with Crippen LogP contribution in [0.5, 0.6) is 0 Å². The van der Waals surface area contributed by atoms with E-state index in [2.05, 4.69) is 48.5 Å². The van der Waals surface area contributed by atoms with Gasteiger partial charge in [0, 0.05) is 25.7 Å². The quantitative estimate of drug-likeness (QED) is 0.0222. The van der Waals surface area contributed by atoms with Crippen molar-refractivity contribution >= 4 is 39.5 Å². The minimum Gasteiger partial charge on any atom is -0.462 e. The second-order valence-corrected chi connectivity index (χ2v) is 25.5. The van der Waals surface area contributed by atoms with Crippen LogP contribution in [0.15, 0.2) is 0 Å². The molecule has 0 radical (unpaired) electrons. The molecule has 0 spiro atoms. The van der Waals surface area contributed by atoms with Crippen LogP contribution in [0.4, 0.5) is 0 Å². The van der Waals surface area contributed by atoms with E-state index >= 15 is 0 Å². The van der Waals surface area contributed by atoms with Crippen LogP contribution in [0, 0.1) is 17.8 Å². The van der Waals surface area contributed by atoms with Crippen LogP contribution >= 0.6 is 15.6 Å². The summed E-state index contributed by atoms with van der Waals surface area (Å²) in [5.74, 6) is -0.0328. The fourth-order valence-electron chi connectivity index (χ4n) is 8.56. The van der Waals surface area contributed by atoms with Crippen molar-refractivity contribution in [1.82, 2.24) is 0 Å². The molecule has 19 heteroatoms.